The van der Waals surface area contributed by atoms with Crippen molar-refractivity contribution < 1.29 is 8.78 Å². The summed E-state index contributed by atoms with van der Waals surface area (Å²) in [5.41, 5.74) is 3.00. The van der Waals surface area contributed by atoms with Gasteiger partial charge in [-0.15, -0.1) is 0 Å². The molecule has 0 aliphatic carbocycles. The van der Waals surface area contributed by atoms with Crippen molar-refractivity contribution >= 4 is 16.6 Å². The standard InChI is InChI=1S/C19H15F2N7/c1-10(18-13(20)5-15-12(19(18)21)7-23-25-15)16-8-22-17-4-3-14(26-28(16)17)11-6-24-27(2)9-11/h3-10H,1-2H3,(H,23,25). The number of hydrogen-bond acceptors (Lipinski definition) is 4. The molecular formula is C19H15F2N7. The topological polar surface area (TPSA) is 76.7 Å². The lowest BCUT2D eigenvalue weighted by molar-refractivity contribution is 0.551. The van der Waals surface area contributed by atoms with Crippen molar-refractivity contribution in [1.82, 2.24) is 34.6 Å². The lowest BCUT2D eigenvalue weighted by Gasteiger charge is -2.14. The molecule has 140 valence electrons. The number of nitrogens with one attached hydrogen (secondary N) is 1. The van der Waals surface area contributed by atoms with Gasteiger partial charge in [0.25, 0.3) is 0 Å². The van der Waals surface area contributed by atoms with Gasteiger partial charge < -0.3 is 0 Å². The third kappa shape index (κ3) is 2.39. The highest BCUT2D eigenvalue weighted by molar-refractivity contribution is 5.80. The van der Waals surface area contributed by atoms with Crippen LogP contribution in [0, 0.1) is 11.6 Å². The van der Waals surface area contributed by atoms with E-state index < -0.39 is 17.6 Å². The van der Waals surface area contributed by atoms with Crippen LogP contribution in [0.5, 0.6) is 0 Å². The van der Waals surface area contributed by atoms with E-state index in [9.17, 15) is 8.78 Å². The molecule has 1 aromatic carbocycles. The molecule has 5 rings (SSSR count). The Labute approximate surface area is 157 Å². The molecule has 1 atom stereocenters. The molecule has 0 saturated heterocycles. The number of aromatic nitrogens is 7. The molecule has 9 heteroatoms. The van der Waals surface area contributed by atoms with Crippen molar-refractivity contribution in [3.63, 3.8) is 0 Å². The van der Waals surface area contributed by atoms with Gasteiger partial charge in [-0.05, 0) is 12.1 Å². The molecule has 5 aromatic rings. The van der Waals surface area contributed by atoms with E-state index in [-0.39, 0.29) is 10.9 Å². The summed E-state index contributed by atoms with van der Waals surface area (Å²) in [5, 5.41) is 15.4. The number of aromatic amines is 1. The SMILES string of the molecule is CC(c1c(F)cc2[nH]ncc2c1F)c1cnc2ccc(-c3cnn(C)c3)nn12. The molecule has 7 nitrogen and oxygen atoms in total. The lowest BCUT2D eigenvalue weighted by atomic mass is 9.95. The van der Waals surface area contributed by atoms with Crippen molar-refractivity contribution in [2.45, 2.75) is 12.8 Å². The highest BCUT2D eigenvalue weighted by Gasteiger charge is 2.24. The zero-order valence-corrected chi connectivity index (χ0v) is 15.1. The van der Waals surface area contributed by atoms with Gasteiger partial charge in [0.15, 0.2) is 5.65 Å². The third-order valence-electron chi connectivity index (χ3n) is 4.94. The number of imidazole rings is 1. The predicted octanol–water partition coefficient (Wildman–Crippen LogP) is 3.44. The van der Waals surface area contributed by atoms with E-state index in [4.69, 9.17) is 0 Å². The van der Waals surface area contributed by atoms with Gasteiger partial charge in [-0.25, -0.2) is 18.3 Å². The highest BCUT2D eigenvalue weighted by Crippen LogP contribution is 2.32. The number of nitrogens with zero attached hydrogens (tertiary/aromatic N) is 6. The van der Waals surface area contributed by atoms with E-state index in [1.165, 1.54) is 12.3 Å². The molecular weight excluding hydrogens is 364 g/mol. The summed E-state index contributed by atoms with van der Waals surface area (Å²) in [7, 11) is 1.82. The summed E-state index contributed by atoms with van der Waals surface area (Å²) in [5.74, 6) is -1.87. The Morgan fingerprint density at radius 2 is 2.00 bits per heavy atom. The summed E-state index contributed by atoms with van der Waals surface area (Å²) in [6, 6.07) is 4.92. The Morgan fingerprint density at radius 1 is 1.14 bits per heavy atom. The van der Waals surface area contributed by atoms with E-state index in [1.807, 2.05) is 25.4 Å². The van der Waals surface area contributed by atoms with Crippen LogP contribution >= 0.6 is 0 Å². The zero-order chi connectivity index (χ0) is 19.4. The second-order valence-electron chi connectivity index (χ2n) is 6.71. The van der Waals surface area contributed by atoms with Crippen molar-refractivity contribution in [3.05, 3.63) is 65.9 Å². The molecule has 0 fully saturated rings. The van der Waals surface area contributed by atoms with E-state index in [2.05, 4.69) is 25.4 Å². The van der Waals surface area contributed by atoms with Crippen LogP contribution in [0.4, 0.5) is 8.78 Å². The average Bonchev–Trinajstić information content (AvgIpc) is 3.39. The number of benzene rings is 1. The van der Waals surface area contributed by atoms with Crippen LogP contribution in [-0.4, -0.2) is 34.6 Å². The summed E-state index contributed by atoms with van der Waals surface area (Å²) < 4.78 is 33.0. The van der Waals surface area contributed by atoms with Gasteiger partial charge in [-0.1, -0.05) is 6.92 Å². The maximum absolute atomic E-state index is 15.0. The molecule has 0 radical (unpaired) electrons. The van der Waals surface area contributed by atoms with Gasteiger partial charge >= 0.3 is 0 Å². The van der Waals surface area contributed by atoms with Crippen LogP contribution in [0.2, 0.25) is 0 Å². The van der Waals surface area contributed by atoms with E-state index in [0.29, 0.717) is 22.6 Å². The first-order valence-electron chi connectivity index (χ1n) is 8.67. The first-order valence-corrected chi connectivity index (χ1v) is 8.67. The summed E-state index contributed by atoms with van der Waals surface area (Å²) in [6.45, 7) is 1.73. The van der Waals surface area contributed by atoms with Crippen molar-refractivity contribution in [1.29, 1.82) is 0 Å². The highest BCUT2D eigenvalue weighted by atomic mass is 19.1. The van der Waals surface area contributed by atoms with Crippen LogP contribution in [-0.2, 0) is 7.05 Å². The molecule has 0 aliphatic heterocycles. The number of hydrogen-bond donors (Lipinski definition) is 1. The van der Waals surface area contributed by atoms with Gasteiger partial charge in [0, 0.05) is 36.4 Å². The van der Waals surface area contributed by atoms with E-state index >= 15 is 0 Å². The average molecular weight is 379 g/mol. The van der Waals surface area contributed by atoms with Crippen LogP contribution in [0.3, 0.4) is 0 Å². The minimum Gasteiger partial charge on any atom is -0.278 e. The predicted molar refractivity (Wildman–Crippen MR) is 98.7 cm³/mol. The third-order valence-corrected chi connectivity index (χ3v) is 4.94. The number of halogens is 2. The van der Waals surface area contributed by atoms with Crippen molar-refractivity contribution in [3.8, 4) is 11.3 Å². The summed E-state index contributed by atoms with van der Waals surface area (Å²) >= 11 is 0. The molecule has 0 spiro atoms. The summed E-state index contributed by atoms with van der Waals surface area (Å²) in [6.07, 6.45) is 6.51. The fourth-order valence-electron chi connectivity index (χ4n) is 3.47. The van der Waals surface area contributed by atoms with Crippen LogP contribution in [0.15, 0.2) is 43.0 Å². The molecule has 4 heterocycles. The maximum Gasteiger partial charge on any atom is 0.153 e. The van der Waals surface area contributed by atoms with Gasteiger partial charge in [0.2, 0.25) is 0 Å². The second-order valence-corrected chi connectivity index (χ2v) is 6.71. The van der Waals surface area contributed by atoms with Gasteiger partial charge in [0.05, 0.1) is 40.9 Å². The Morgan fingerprint density at radius 3 is 2.79 bits per heavy atom. The maximum atomic E-state index is 15.0. The zero-order valence-electron chi connectivity index (χ0n) is 15.1. The van der Waals surface area contributed by atoms with Gasteiger partial charge in [-0.3, -0.25) is 9.78 Å². The fraction of sp³-hybridized carbons (Fsp3) is 0.158. The normalized spacial score (nSPS) is 12.9. The van der Waals surface area contributed by atoms with Gasteiger partial charge in [-0.2, -0.15) is 15.3 Å². The minimum absolute atomic E-state index is 0.0377. The Balaban J connectivity index is 1.67. The molecule has 0 saturated carbocycles. The molecule has 28 heavy (non-hydrogen) atoms. The molecule has 0 aliphatic rings. The quantitative estimate of drug-likeness (QED) is 0.521. The fourth-order valence-corrected chi connectivity index (χ4v) is 3.47. The van der Waals surface area contributed by atoms with Gasteiger partial charge in [0.1, 0.15) is 11.6 Å². The van der Waals surface area contributed by atoms with Crippen LogP contribution < -0.4 is 0 Å². The first-order chi connectivity index (χ1) is 13.5. The summed E-state index contributed by atoms with van der Waals surface area (Å²) in [4.78, 5) is 4.33. The van der Waals surface area contributed by atoms with Crippen LogP contribution in [0.1, 0.15) is 24.1 Å². The Hall–Kier alpha value is -3.62. The minimum atomic E-state index is -0.639. The lowest BCUT2D eigenvalue weighted by Crippen LogP contribution is -2.08. The number of H-pyrrole nitrogens is 1. The Kier molecular flexibility index (Phi) is 3.51. The van der Waals surface area contributed by atoms with E-state index in [1.54, 1.807) is 28.5 Å². The molecule has 0 amide bonds. The molecule has 1 N–H and O–H groups in total. The second kappa shape index (κ2) is 5.95. The largest absolute Gasteiger partial charge is 0.278 e. The van der Waals surface area contributed by atoms with Crippen LogP contribution in [0.25, 0.3) is 27.8 Å². The molecule has 4 aromatic heterocycles. The number of rotatable bonds is 3. The molecule has 0 bridgehead atoms. The first kappa shape index (κ1) is 16.5. The smallest absolute Gasteiger partial charge is 0.153 e. The number of aryl methyl sites for hydroxylation is 1. The number of fused-ring (bicyclic) bond motifs is 2. The van der Waals surface area contributed by atoms with Crippen molar-refractivity contribution in [2.24, 2.45) is 7.05 Å². The van der Waals surface area contributed by atoms with Crippen molar-refractivity contribution in [2.75, 3.05) is 0 Å². The Bertz CT molecular complexity index is 1330. The monoisotopic (exact) mass is 379 g/mol. The van der Waals surface area contributed by atoms with E-state index in [0.717, 1.165) is 5.56 Å². The molecule has 1 unspecified atom stereocenters.